The van der Waals surface area contributed by atoms with E-state index in [0.717, 1.165) is 19.3 Å². The first-order valence-corrected chi connectivity index (χ1v) is 5.60. The number of hydrogen-bond acceptors (Lipinski definition) is 3. The van der Waals surface area contributed by atoms with Gasteiger partial charge in [-0.05, 0) is 12.8 Å². The lowest BCUT2D eigenvalue weighted by Crippen LogP contribution is -2.34. The van der Waals surface area contributed by atoms with Gasteiger partial charge in [0.25, 0.3) is 0 Å². The molecule has 1 amide bonds. The first-order valence-electron chi connectivity index (χ1n) is 5.60. The van der Waals surface area contributed by atoms with Crippen LogP contribution in [-0.4, -0.2) is 22.2 Å². The van der Waals surface area contributed by atoms with Crippen molar-refractivity contribution in [2.75, 3.05) is 6.54 Å². The minimum Gasteiger partial charge on any atom is -0.354 e. The smallest absolute Gasteiger partial charge is 0.241 e. The SMILES string of the molecule is C#CCCCCNC(=O)C(N)c1cnn(C)c1. The molecule has 0 aliphatic carbocycles. The van der Waals surface area contributed by atoms with Crippen molar-refractivity contribution in [3.63, 3.8) is 0 Å². The van der Waals surface area contributed by atoms with Crippen LogP contribution in [0.15, 0.2) is 12.4 Å². The van der Waals surface area contributed by atoms with Gasteiger partial charge in [0, 0.05) is 31.8 Å². The van der Waals surface area contributed by atoms with Gasteiger partial charge in [0.2, 0.25) is 5.91 Å². The monoisotopic (exact) mass is 234 g/mol. The number of unbranched alkanes of at least 4 members (excludes halogenated alkanes) is 2. The fourth-order valence-corrected chi connectivity index (χ4v) is 1.43. The van der Waals surface area contributed by atoms with Gasteiger partial charge in [-0.15, -0.1) is 12.3 Å². The molecule has 1 heterocycles. The molecule has 0 spiro atoms. The Labute approximate surface area is 101 Å². The third-order valence-corrected chi connectivity index (χ3v) is 2.41. The van der Waals surface area contributed by atoms with Crippen LogP contribution < -0.4 is 11.1 Å². The third-order valence-electron chi connectivity index (χ3n) is 2.41. The summed E-state index contributed by atoms with van der Waals surface area (Å²) in [6.45, 7) is 0.606. The van der Waals surface area contributed by atoms with E-state index in [-0.39, 0.29) is 5.91 Å². The topological polar surface area (TPSA) is 72.9 Å². The molecule has 1 aromatic rings. The lowest BCUT2D eigenvalue weighted by atomic mass is 10.1. The zero-order valence-corrected chi connectivity index (χ0v) is 10.0. The van der Waals surface area contributed by atoms with Crippen molar-refractivity contribution in [3.8, 4) is 12.3 Å². The van der Waals surface area contributed by atoms with Crippen LogP contribution in [0.25, 0.3) is 0 Å². The normalized spacial score (nSPS) is 11.8. The Morgan fingerprint density at radius 3 is 3.06 bits per heavy atom. The molecule has 0 saturated carbocycles. The van der Waals surface area contributed by atoms with Crippen LogP contribution in [0.2, 0.25) is 0 Å². The Morgan fingerprint density at radius 1 is 1.71 bits per heavy atom. The molecular weight excluding hydrogens is 216 g/mol. The number of hydrogen-bond donors (Lipinski definition) is 2. The number of amides is 1. The minimum atomic E-state index is -0.656. The van der Waals surface area contributed by atoms with Gasteiger partial charge in [0.1, 0.15) is 6.04 Å². The number of carbonyl (C=O) groups excluding carboxylic acids is 1. The van der Waals surface area contributed by atoms with Crippen molar-refractivity contribution >= 4 is 5.91 Å². The Kier molecular flexibility index (Phi) is 5.24. The maximum atomic E-state index is 11.7. The zero-order chi connectivity index (χ0) is 12.7. The first kappa shape index (κ1) is 13.3. The molecule has 0 fully saturated rings. The average Bonchev–Trinajstić information content (AvgIpc) is 2.74. The van der Waals surface area contributed by atoms with Gasteiger partial charge in [-0.1, -0.05) is 0 Å². The van der Waals surface area contributed by atoms with Crippen LogP contribution in [0.5, 0.6) is 0 Å². The van der Waals surface area contributed by atoms with Crippen LogP contribution >= 0.6 is 0 Å². The van der Waals surface area contributed by atoms with Crippen LogP contribution in [0.3, 0.4) is 0 Å². The van der Waals surface area contributed by atoms with E-state index in [1.807, 2.05) is 0 Å². The number of nitrogens with zero attached hydrogens (tertiary/aromatic N) is 2. The summed E-state index contributed by atoms with van der Waals surface area (Å²) >= 11 is 0. The molecule has 0 aliphatic heterocycles. The fraction of sp³-hybridized carbons (Fsp3) is 0.500. The molecule has 1 unspecified atom stereocenters. The molecule has 5 nitrogen and oxygen atoms in total. The summed E-state index contributed by atoms with van der Waals surface area (Å²) in [7, 11) is 1.79. The molecule has 3 N–H and O–H groups in total. The van der Waals surface area contributed by atoms with Gasteiger partial charge in [-0.3, -0.25) is 9.48 Å². The van der Waals surface area contributed by atoms with Gasteiger partial charge in [-0.25, -0.2) is 0 Å². The van der Waals surface area contributed by atoms with Crippen molar-refractivity contribution in [2.45, 2.75) is 25.3 Å². The summed E-state index contributed by atoms with van der Waals surface area (Å²) in [4.78, 5) is 11.7. The number of aromatic nitrogens is 2. The highest BCUT2D eigenvalue weighted by atomic mass is 16.2. The highest BCUT2D eigenvalue weighted by molar-refractivity contribution is 5.82. The highest BCUT2D eigenvalue weighted by Gasteiger charge is 2.16. The molecule has 0 bridgehead atoms. The zero-order valence-electron chi connectivity index (χ0n) is 10.0. The number of nitrogens with two attached hydrogens (primary N) is 1. The van der Waals surface area contributed by atoms with Crippen molar-refractivity contribution < 1.29 is 4.79 Å². The van der Waals surface area contributed by atoms with Crippen molar-refractivity contribution in [1.82, 2.24) is 15.1 Å². The Bertz CT molecular complexity index is 405. The summed E-state index contributed by atoms with van der Waals surface area (Å²) in [6.07, 6.45) is 11.0. The van der Waals surface area contributed by atoms with Gasteiger partial charge in [0.15, 0.2) is 0 Å². The van der Waals surface area contributed by atoms with Gasteiger partial charge >= 0.3 is 0 Å². The van der Waals surface area contributed by atoms with E-state index in [9.17, 15) is 4.79 Å². The number of nitrogens with one attached hydrogen (secondary N) is 1. The van der Waals surface area contributed by atoms with E-state index < -0.39 is 6.04 Å². The largest absolute Gasteiger partial charge is 0.354 e. The molecule has 0 aliphatic rings. The molecule has 0 saturated heterocycles. The summed E-state index contributed by atoms with van der Waals surface area (Å²) in [5.41, 5.74) is 6.51. The molecular formula is C12H18N4O. The summed E-state index contributed by atoms with van der Waals surface area (Å²) in [6, 6.07) is -0.656. The Hall–Kier alpha value is -1.80. The summed E-state index contributed by atoms with van der Waals surface area (Å²) in [5, 5.41) is 6.75. The van der Waals surface area contributed by atoms with Gasteiger partial charge in [0.05, 0.1) is 6.20 Å². The van der Waals surface area contributed by atoms with E-state index >= 15 is 0 Å². The van der Waals surface area contributed by atoms with E-state index in [0.29, 0.717) is 12.1 Å². The quantitative estimate of drug-likeness (QED) is 0.550. The van der Waals surface area contributed by atoms with Crippen LogP contribution in [-0.2, 0) is 11.8 Å². The van der Waals surface area contributed by atoms with Gasteiger partial charge in [-0.2, -0.15) is 5.10 Å². The van der Waals surface area contributed by atoms with Crippen molar-refractivity contribution in [1.29, 1.82) is 0 Å². The predicted octanol–water partition coefficient (Wildman–Crippen LogP) is 0.340. The number of aryl methyl sites for hydroxylation is 1. The Balaban J connectivity index is 2.30. The summed E-state index contributed by atoms with van der Waals surface area (Å²) in [5.74, 6) is 2.38. The van der Waals surface area contributed by atoms with E-state index in [4.69, 9.17) is 12.2 Å². The van der Waals surface area contributed by atoms with Crippen LogP contribution in [0.4, 0.5) is 0 Å². The predicted molar refractivity (Wildman–Crippen MR) is 65.8 cm³/mol. The Morgan fingerprint density at radius 2 is 2.47 bits per heavy atom. The first-order chi connectivity index (χ1) is 8.15. The average molecular weight is 234 g/mol. The molecule has 0 radical (unpaired) electrons. The standard InChI is InChI=1S/C12H18N4O/c1-3-4-5-6-7-14-12(17)11(13)10-8-15-16(2)9-10/h1,8-9,11H,4-7,13H2,2H3,(H,14,17). The number of carbonyl (C=O) groups is 1. The number of terminal acetylenes is 1. The summed E-state index contributed by atoms with van der Waals surface area (Å²) < 4.78 is 1.62. The molecule has 0 aromatic carbocycles. The lowest BCUT2D eigenvalue weighted by molar-refractivity contribution is -0.122. The molecule has 1 rings (SSSR count). The third kappa shape index (κ3) is 4.29. The van der Waals surface area contributed by atoms with Crippen LogP contribution in [0, 0.1) is 12.3 Å². The molecule has 92 valence electrons. The second-order valence-corrected chi connectivity index (χ2v) is 3.88. The van der Waals surface area contributed by atoms with E-state index in [1.54, 1.807) is 24.1 Å². The fourth-order valence-electron chi connectivity index (χ4n) is 1.43. The minimum absolute atomic E-state index is 0.182. The van der Waals surface area contributed by atoms with E-state index in [1.165, 1.54) is 0 Å². The maximum absolute atomic E-state index is 11.7. The maximum Gasteiger partial charge on any atom is 0.241 e. The molecule has 5 heteroatoms. The highest BCUT2D eigenvalue weighted by Crippen LogP contribution is 2.08. The second kappa shape index (κ2) is 6.71. The number of rotatable bonds is 6. The van der Waals surface area contributed by atoms with Gasteiger partial charge < -0.3 is 11.1 Å². The lowest BCUT2D eigenvalue weighted by Gasteiger charge is -2.10. The molecule has 17 heavy (non-hydrogen) atoms. The molecule has 1 atom stereocenters. The van der Waals surface area contributed by atoms with Crippen molar-refractivity contribution in [3.05, 3.63) is 18.0 Å². The van der Waals surface area contributed by atoms with E-state index in [2.05, 4.69) is 16.3 Å². The second-order valence-electron chi connectivity index (χ2n) is 3.88. The van der Waals surface area contributed by atoms with Crippen LogP contribution in [0.1, 0.15) is 30.9 Å². The molecule has 1 aromatic heterocycles. The van der Waals surface area contributed by atoms with Crippen molar-refractivity contribution in [2.24, 2.45) is 12.8 Å².